The molecule has 2 aromatic rings. The smallest absolute Gasteiger partial charge is 0.348 e. The van der Waals surface area contributed by atoms with Gasteiger partial charge in [-0.25, -0.2) is 4.79 Å². The summed E-state index contributed by atoms with van der Waals surface area (Å²) in [6, 6.07) is 5.07. The number of nitrogens with zero attached hydrogens (tertiary/aromatic N) is 1. The average molecular weight is 262 g/mol. The van der Waals surface area contributed by atoms with Crippen molar-refractivity contribution in [1.82, 2.24) is 4.98 Å². The molecule has 0 atom stereocenters. The van der Waals surface area contributed by atoms with Gasteiger partial charge in [0.25, 0.3) is 5.91 Å². The first-order valence-electron chi connectivity index (χ1n) is 5.13. The molecule has 0 unspecified atom stereocenters. The number of pyridine rings is 1. The summed E-state index contributed by atoms with van der Waals surface area (Å²) < 4.78 is 0. The molecule has 5 nitrogen and oxygen atoms in total. The second-order valence-electron chi connectivity index (χ2n) is 3.59. The van der Waals surface area contributed by atoms with Crippen molar-refractivity contribution in [2.75, 3.05) is 5.32 Å². The molecular weight excluding hydrogens is 252 g/mol. The molecule has 92 valence electrons. The largest absolute Gasteiger partial charge is 0.477 e. The van der Waals surface area contributed by atoms with Crippen LogP contribution in [0.3, 0.4) is 0 Å². The third-order valence-electron chi connectivity index (χ3n) is 2.33. The Balaban J connectivity index is 2.25. The van der Waals surface area contributed by atoms with Gasteiger partial charge in [0, 0.05) is 6.20 Å². The Hall–Kier alpha value is -2.21. The standard InChI is InChI=1S/C12H10N2O3S/c1-7-3-2-5-13-9(7)11(15)14-8-4-6-18-10(8)12(16)17/h2-6H,1H3,(H,14,15)(H,16,17). The van der Waals surface area contributed by atoms with Crippen molar-refractivity contribution in [3.8, 4) is 0 Å². The molecule has 0 aliphatic heterocycles. The van der Waals surface area contributed by atoms with E-state index in [1.165, 1.54) is 6.20 Å². The molecule has 2 rings (SSSR count). The lowest BCUT2D eigenvalue weighted by atomic mass is 10.2. The molecule has 0 bridgehead atoms. The fourth-order valence-corrected chi connectivity index (χ4v) is 2.17. The summed E-state index contributed by atoms with van der Waals surface area (Å²) in [5.74, 6) is -1.47. The number of aromatic carboxylic acids is 1. The Labute approximate surface area is 107 Å². The Bertz CT molecular complexity index is 607. The molecule has 0 aliphatic rings. The monoisotopic (exact) mass is 262 g/mol. The van der Waals surface area contributed by atoms with E-state index in [0.717, 1.165) is 16.9 Å². The number of rotatable bonds is 3. The number of aryl methyl sites for hydroxylation is 1. The van der Waals surface area contributed by atoms with Gasteiger partial charge in [-0.2, -0.15) is 0 Å². The number of hydrogen-bond acceptors (Lipinski definition) is 4. The minimum Gasteiger partial charge on any atom is -0.477 e. The van der Waals surface area contributed by atoms with E-state index >= 15 is 0 Å². The molecule has 2 aromatic heterocycles. The first kappa shape index (κ1) is 12.3. The summed E-state index contributed by atoms with van der Waals surface area (Å²) >= 11 is 1.06. The number of amides is 1. The first-order chi connectivity index (χ1) is 8.59. The Morgan fingerprint density at radius 3 is 2.83 bits per heavy atom. The van der Waals surface area contributed by atoms with Gasteiger partial charge in [0.1, 0.15) is 10.6 Å². The lowest BCUT2D eigenvalue weighted by Crippen LogP contribution is -2.16. The molecule has 1 amide bonds. The molecule has 0 fully saturated rings. The van der Waals surface area contributed by atoms with Crippen molar-refractivity contribution in [1.29, 1.82) is 0 Å². The van der Waals surface area contributed by atoms with Gasteiger partial charge >= 0.3 is 5.97 Å². The maximum atomic E-state index is 11.9. The van der Waals surface area contributed by atoms with E-state index in [9.17, 15) is 9.59 Å². The topological polar surface area (TPSA) is 79.3 Å². The van der Waals surface area contributed by atoms with Gasteiger partial charge in [0.05, 0.1) is 5.69 Å². The number of carbonyl (C=O) groups excluding carboxylic acids is 1. The van der Waals surface area contributed by atoms with Crippen molar-refractivity contribution >= 4 is 28.9 Å². The van der Waals surface area contributed by atoms with E-state index in [1.54, 1.807) is 30.5 Å². The zero-order valence-corrected chi connectivity index (χ0v) is 10.3. The Kier molecular flexibility index (Phi) is 3.38. The van der Waals surface area contributed by atoms with Gasteiger partial charge < -0.3 is 10.4 Å². The highest BCUT2D eigenvalue weighted by Gasteiger charge is 2.16. The predicted octanol–water partition coefficient (Wildman–Crippen LogP) is 2.40. The lowest BCUT2D eigenvalue weighted by Gasteiger charge is -2.05. The highest BCUT2D eigenvalue weighted by atomic mass is 32.1. The van der Waals surface area contributed by atoms with Gasteiger partial charge in [-0.15, -0.1) is 11.3 Å². The number of carbonyl (C=O) groups is 2. The van der Waals surface area contributed by atoms with Crippen LogP contribution in [0.4, 0.5) is 5.69 Å². The van der Waals surface area contributed by atoms with Gasteiger partial charge in [0.2, 0.25) is 0 Å². The Morgan fingerprint density at radius 1 is 1.39 bits per heavy atom. The number of nitrogens with one attached hydrogen (secondary N) is 1. The van der Waals surface area contributed by atoms with E-state index < -0.39 is 11.9 Å². The number of carboxylic acid groups (broad SMARTS) is 1. The predicted molar refractivity (Wildman–Crippen MR) is 68.2 cm³/mol. The van der Waals surface area contributed by atoms with E-state index in [2.05, 4.69) is 10.3 Å². The summed E-state index contributed by atoms with van der Waals surface area (Å²) in [7, 11) is 0. The van der Waals surface area contributed by atoms with Gasteiger partial charge in [-0.3, -0.25) is 9.78 Å². The maximum Gasteiger partial charge on any atom is 0.348 e. The minimum absolute atomic E-state index is 0.108. The van der Waals surface area contributed by atoms with Crippen molar-refractivity contribution < 1.29 is 14.7 Å². The third-order valence-corrected chi connectivity index (χ3v) is 3.23. The molecule has 0 spiro atoms. The first-order valence-corrected chi connectivity index (χ1v) is 6.01. The van der Waals surface area contributed by atoms with E-state index in [0.29, 0.717) is 11.4 Å². The van der Waals surface area contributed by atoms with Crippen LogP contribution < -0.4 is 5.32 Å². The molecule has 0 aliphatic carbocycles. The molecular formula is C12H10N2O3S. The fourth-order valence-electron chi connectivity index (χ4n) is 1.48. The van der Waals surface area contributed by atoms with Crippen LogP contribution in [-0.2, 0) is 0 Å². The summed E-state index contributed by atoms with van der Waals surface area (Å²) in [6.45, 7) is 1.77. The van der Waals surface area contributed by atoms with Crippen LogP contribution in [0.5, 0.6) is 0 Å². The van der Waals surface area contributed by atoms with Crippen LogP contribution in [0.2, 0.25) is 0 Å². The van der Waals surface area contributed by atoms with Crippen molar-refractivity contribution in [3.63, 3.8) is 0 Å². The van der Waals surface area contributed by atoms with Crippen LogP contribution in [-0.4, -0.2) is 22.0 Å². The highest BCUT2D eigenvalue weighted by molar-refractivity contribution is 7.12. The minimum atomic E-state index is -1.06. The third kappa shape index (κ3) is 2.38. The maximum absolute atomic E-state index is 11.9. The summed E-state index contributed by atoms with van der Waals surface area (Å²) in [5, 5.41) is 13.1. The summed E-state index contributed by atoms with van der Waals surface area (Å²) in [4.78, 5) is 26.9. The van der Waals surface area contributed by atoms with Crippen molar-refractivity contribution in [2.45, 2.75) is 6.92 Å². The zero-order chi connectivity index (χ0) is 13.1. The second kappa shape index (κ2) is 4.97. The van der Waals surface area contributed by atoms with E-state index in [1.807, 2.05) is 0 Å². The quantitative estimate of drug-likeness (QED) is 0.890. The molecule has 6 heteroatoms. The van der Waals surface area contributed by atoms with Crippen LogP contribution in [0.15, 0.2) is 29.8 Å². The van der Waals surface area contributed by atoms with E-state index in [-0.39, 0.29) is 4.88 Å². The molecule has 0 radical (unpaired) electrons. The van der Waals surface area contributed by atoms with Crippen LogP contribution >= 0.6 is 11.3 Å². The summed E-state index contributed by atoms with van der Waals surface area (Å²) in [5.41, 5.74) is 1.32. The number of thiophene rings is 1. The van der Waals surface area contributed by atoms with E-state index in [4.69, 9.17) is 5.11 Å². The number of hydrogen-bond donors (Lipinski definition) is 2. The van der Waals surface area contributed by atoms with Gasteiger partial charge in [0.15, 0.2) is 0 Å². The Morgan fingerprint density at radius 2 is 2.17 bits per heavy atom. The van der Waals surface area contributed by atoms with Crippen LogP contribution in [0.25, 0.3) is 0 Å². The van der Waals surface area contributed by atoms with Crippen LogP contribution in [0.1, 0.15) is 25.7 Å². The van der Waals surface area contributed by atoms with Gasteiger partial charge in [-0.05, 0) is 30.0 Å². The molecule has 0 saturated carbocycles. The van der Waals surface area contributed by atoms with Gasteiger partial charge in [-0.1, -0.05) is 6.07 Å². The van der Waals surface area contributed by atoms with Crippen molar-refractivity contribution in [3.05, 3.63) is 45.9 Å². The summed E-state index contributed by atoms with van der Waals surface area (Å²) in [6.07, 6.45) is 1.52. The molecule has 2 heterocycles. The lowest BCUT2D eigenvalue weighted by molar-refractivity contribution is 0.0703. The number of carboxylic acids is 1. The zero-order valence-electron chi connectivity index (χ0n) is 9.51. The molecule has 0 aromatic carbocycles. The van der Waals surface area contributed by atoms with Crippen molar-refractivity contribution in [2.24, 2.45) is 0 Å². The highest BCUT2D eigenvalue weighted by Crippen LogP contribution is 2.22. The molecule has 18 heavy (non-hydrogen) atoms. The number of aromatic nitrogens is 1. The normalized spacial score (nSPS) is 10.1. The fraction of sp³-hybridized carbons (Fsp3) is 0.0833. The average Bonchev–Trinajstić information content (AvgIpc) is 2.77. The number of anilines is 1. The molecule has 2 N–H and O–H groups in total. The van der Waals surface area contributed by atoms with Crippen LogP contribution in [0, 0.1) is 6.92 Å². The second-order valence-corrected chi connectivity index (χ2v) is 4.51. The SMILES string of the molecule is Cc1cccnc1C(=O)Nc1ccsc1C(=O)O. The molecule has 0 saturated heterocycles.